The minimum Gasteiger partial charge on any atom is -0.343 e. The number of nitrogens with zero attached hydrogens (tertiary/aromatic N) is 5. The Balaban J connectivity index is 2.34. The van der Waals surface area contributed by atoms with E-state index in [1.54, 1.807) is 32.0 Å². The van der Waals surface area contributed by atoms with Gasteiger partial charge in [0.05, 0.1) is 16.4 Å². The molecule has 2 rings (SSSR count). The maximum atomic E-state index is 12.3. The monoisotopic (exact) mass is 368 g/mol. The van der Waals surface area contributed by atoms with Crippen LogP contribution in [0.4, 0.5) is 5.69 Å². The summed E-state index contributed by atoms with van der Waals surface area (Å²) in [5, 5.41) is 10.9. The molecule has 2 amide bonds. The van der Waals surface area contributed by atoms with E-state index in [0.717, 1.165) is 0 Å². The van der Waals surface area contributed by atoms with Crippen molar-refractivity contribution in [2.24, 2.45) is 7.05 Å². The zero-order chi connectivity index (χ0) is 16.4. The normalized spacial score (nSPS) is 10.6. The SMILES string of the molecule is CCn1ncc(NC(=O)c2nn(C)cc2Br)c1C(=O)N(C)C. The second-order valence-electron chi connectivity index (χ2n) is 4.88. The van der Waals surface area contributed by atoms with Gasteiger partial charge in [0, 0.05) is 33.9 Å². The number of rotatable bonds is 4. The van der Waals surface area contributed by atoms with Gasteiger partial charge in [0.1, 0.15) is 5.69 Å². The van der Waals surface area contributed by atoms with Gasteiger partial charge in [-0.15, -0.1) is 0 Å². The molecule has 0 spiro atoms. The molecular formula is C13H17BrN6O2. The number of aromatic nitrogens is 4. The number of anilines is 1. The van der Waals surface area contributed by atoms with Gasteiger partial charge in [-0.3, -0.25) is 19.0 Å². The van der Waals surface area contributed by atoms with E-state index in [2.05, 4.69) is 31.4 Å². The molecule has 0 saturated heterocycles. The van der Waals surface area contributed by atoms with Gasteiger partial charge in [-0.25, -0.2) is 0 Å². The zero-order valence-corrected chi connectivity index (χ0v) is 14.4. The lowest BCUT2D eigenvalue weighted by Gasteiger charge is -2.13. The third kappa shape index (κ3) is 3.03. The van der Waals surface area contributed by atoms with E-state index >= 15 is 0 Å². The van der Waals surface area contributed by atoms with Crippen molar-refractivity contribution < 1.29 is 9.59 Å². The predicted molar refractivity (Wildman–Crippen MR) is 84.8 cm³/mol. The highest BCUT2D eigenvalue weighted by Crippen LogP contribution is 2.20. The van der Waals surface area contributed by atoms with Crippen molar-refractivity contribution in [3.63, 3.8) is 0 Å². The highest BCUT2D eigenvalue weighted by atomic mass is 79.9. The summed E-state index contributed by atoms with van der Waals surface area (Å²) in [7, 11) is 5.02. The molecule has 2 aromatic heterocycles. The van der Waals surface area contributed by atoms with Crippen LogP contribution in [-0.2, 0) is 13.6 Å². The molecule has 1 N–H and O–H groups in total. The molecular weight excluding hydrogens is 352 g/mol. The number of aryl methyl sites for hydroxylation is 2. The van der Waals surface area contributed by atoms with E-state index in [4.69, 9.17) is 0 Å². The molecule has 9 heteroatoms. The number of halogens is 1. The molecule has 0 aliphatic rings. The summed E-state index contributed by atoms with van der Waals surface area (Å²) in [4.78, 5) is 26.0. The Bertz CT molecular complexity index is 718. The van der Waals surface area contributed by atoms with Crippen molar-refractivity contribution in [3.05, 3.63) is 28.3 Å². The average molecular weight is 369 g/mol. The van der Waals surface area contributed by atoms with Gasteiger partial charge < -0.3 is 10.2 Å². The van der Waals surface area contributed by atoms with Gasteiger partial charge in [-0.05, 0) is 22.9 Å². The maximum Gasteiger partial charge on any atom is 0.277 e. The molecule has 2 heterocycles. The minimum absolute atomic E-state index is 0.227. The van der Waals surface area contributed by atoms with Crippen molar-refractivity contribution >= 4 is 33.4 Å². The van der Waals surface area contributed by atoms with Crippen LogP contribution in [0, 0.1) is 0 Å². The first kappa shape index (κ1) is 16.2. The summed E-state index contributed by atoms with van der Waals surface area (Å²) in [6, 6.07) is 0. The van der Waals surface area contributed by atoms with Gasteiger partial charge in [-0.2, -0.15) is 10.2 Å². The minimum atomic E-state index is -0.407. The molecule has 0 radical (unpaired) electrons. The molecule has 118 valence electrons. The zero-order valence-electron chi connectivity index (χ0n) is 12.8. The third-order valence-electron chi connectivity index (χ3n) is 3.00. The van der Waals surface area contributed by atoms with E-state index in [-0.39, 0.29) is 11.6 Å². The Morgan fingerprint density at radius 3 is 2.59 bits per heavy atom. The molecule has 22 heavy (non-hydrogen) atoms. The largest absolute Gasteiger partial charge is 0.343 e. The van der Waals surface area contributed by atoms with Crippen molar-refractivity contribution in [2.45, 2.75) is 13.5 Å². The summed E-state index contributed by atoms with van der Waals surface area (Å²) in [5.74, 6) is -0.634. The molecule has 2 aromatic rings. The number of carbonyl (C=O) groups is 2. The third-order valence-corrected chi connectivity index (χ3v) is 3.58. The van der Waals surface area contributed by atoms with E-state index in [0.29, 0.717) is 22.4 Å². The summed E-state index contributed by atoms with van der Waals surface area (Å²) in [5.41, 5.74) is 0.950. The smallest absolute Gasteiger partial charge is 0.277 e. The van der Waals surface area contributed by atoms with E-state index in [1.807, 2.05) is 6.92 Å². The van der Waals surface area contributed by atoms with Gasteiger partial charge in [0.15, 0.2) is 5.69 Å². The van der Waals surface area contributed by atoms with Gasteiger partial charge in [0.2, 0.25) is 0 Å². The summed E-state index contributed by atoms with van der Waals surface area (Å²) < 4.78 is 3.65. The van der Waals surface area contributed by atoms with Crippen LogP contribution >= 0.6 is 15.9 Å². The number of hydrogen-bond acceptors (Lipinski definition) is 4. The van der Waals surface area contributed by atoms with Crippen LogP contribution in [0.5, 0.6) is 0 Å². The number of hydrogen-bond donors (Lipinski definition) is 1. The first-order valence-electron chi connectivity index (χ1n) is 6.63. The molecule has 0 saturated carbocycles. The van der Waals surface area contributed by atoms with Gasteiger partial charge in [-0.1, -0.05) is 0 Å². The molecule has 0 aliphatic carbocycles. The predicted octanol–water partition coefficient (Wildman–Crippen LogP) is 1.35. The second-order valence-corrected chi connectivity index (χ2v) is 5.73. The second kappa shape index (κ2) is 6.30. The van der Waals surface area contributed by atoms with Crippen LogP contribution in [0.25, 0.3) is 0 Å². The topological polar surface area (TPSA) is 85.0 Å². The molecule has 0 aliphatic heterocycles. The quantitative estimate of drug-likeness (QED) is 0.882. The van der Waals surface area contributed by atoms with Crippen molar-refractivity contribution in [3.8, 4) is 0 Å². The van der Waals surface area contributed by atoms with Crippen molar-refractivity contribution in [1.29, 1.82) is 0 Å². The lowest BCUT2D eigenvalue weighted by Crippen LogP contribution is -2.26. The molecule has 8 nitrogen and oxygen atoms in total. The highest BCUT2D eigenvalue weighted by Gasteiger charge is 2.23. The van der Waals surface area contributed by atoms with Crippen molar-refractivity contribution in [1.82, 2.24) is 24.5 Å². The molecule has 0 aromatic carbocycles. The molecule has 0 unspecified atom stereocenters. The fourth-order valence-corrected chi connectivity index (χ4v) is 2.50. The van der Waals surface area contributed by atoms with E-state index in [9.17, 15) is 9.59 Å². The van der Waals surface area contributed by atoms with Crippen LogP contribution in [-0.4, -0.2) is 50.4 Å². The summed E-state index contributed by atoms with van der Waals surface area (Å²) in [6.45, 7) is 2.40. The fraction of sp³-hybridized carbons (Fsp3) is 0.385. The number of carbonyl (C=O) groups excluding carboxylic acids is 2. The number of nitrogens with one attached hydrogen (secondary N) is 1. The Kier molecular flexibility index (Phi) is 4.65. The van der Waals surface area contributed by atoms with Crippen LogP contribution in [0.15, 0.2) is 16.9 Å². The van der Waals surface area contributed by atoms with Gasteiger partial charge >= 0.3 is 0 Å². The molecule has 0 atom stereocenters. The Labute approximate surface area is 136 Å². The Hall–Kier alpha value is -2.16. The molecule has 0 bridgehead atoms. The lowest BCUT2D eigenvalue weighted by molar-refractivity contribution is 0.0816. The van der Waals surface area contributed by atoms with Crippen molar-refractivity contribution in [2.75, 3.05) is 19.4 Å². The standard InChI is InChI=1S/C13H17BrN6O2/c1-5-20-11(13(22)18(2)3)9(6-15-20)16-12(21)10-8(14)7-19(4)17-10/h6-7H,5H2,1-4H3,(H,16,21). The number of amides is 2. The van der Waals surface area contributed by atoms with E-state index in [1.165, 1.54) is 15.8 Å². The fourth-order valence-electron chi connectivity index (χ4n) is 1.95. The first-order valence-corrected chi connectivity index (χ1v) is 7.42. The maximum absolute atomic E-state index is 12.3. The first-order chi connectivity index (χ1) is 10.3. The van der Waals surface area contributed by atoms with Crippen LogP contribution in [0.3, 0.4) is 0 Å². The average Bonchev–Trinajstić information content (AvgIpc) is 3.00. The van der Waals surface area contributed by atoms with Gasteiger partial charge in [0.25, 0.3) is 11.8 Å². The van der Waals surface area contributed by atoms with Crippen LogP contribution < -0.4 is 5.32 Å². The summed E-state index contributed by atoms with van der Waals surface area (Å²) in [6.07, 6.45) is 3.14. The van der Waals surface area contributed by atoms with Crippen LogP contribution in [0.1, 0.15) is 27.9 Å². The highest BCUT2D eigenvalue weighted by molar-refractivity contribution is 9.10. The lowest BCUT2D eigenvalue weighted by atomic mass is 10.3. The Morgan fingerprint density at radius 1 is 1.41 bits per heavy atom. The Morgan fingerprint density at radius 2 is 2.09 bits per heavy atom. The van der Waals surface area contributed by atoms with Crippen LogP contribution in [0.2, 0.25) is 0 Å². The van der Waals surface area contributed by atoms with E-state index < -0.39 is 5.91 Å². The summed E-state index contributed by atoms with van der Waals surface area (Å²) >= 11 is 3.28. The molecule has 0 fully saturated rings.